The second-order valence-electron chi connectivity index (χ2n) is 6.09. The van der Waals surface area contributed by atoms with Crippen molar-refractivity contribution in [2.24, 2.45) is 11.7 Å². The van der Waals surface area contributed by atoms with Crippen molar-refractivity contribution in [1.29, 1.82) is 0 Å². The van der Waals surface area contributed by atoms with Gasteiger partial charge in [0.2, 0.25) is 11.8 Å². The Balaban J connectivity index is 0.00000288. The molecular formula is C16H25Cl2FN4O2. The number of nitrogens with one attached hydrogen (secondary N) is 1. The van der Waals surface area contributed by atoms with Crippen LogP contribution in [-0.2, 0) is 9.59 Å². The van der Waals surface area contributed by atoms with Crippen LogP contribution in [0.5, 0.6) is 0 Å². The molecule has 3 N–H and O–H groups in total. The maximum absolute atomic E-state index is 13.4. The van der Waals surface area contributed by atoms with E-state index >= 15 is 0 Å². The van der Waals surface area contributed by atoms with E-state index in [4.69, 9.17) is 5.73 Å². The summed E-state index contributed by atoms with van der Waals surface area (Å²) in [5.41, 5.74) is 7.06. The summed E-state index contributed by atoms with van der Waals surface area (Å²) in [4.78, 5) is 27.7. The van der Waals surface area contributed by atoms with E-state index in [2.05, 4.69) is 5.32 Å². The Morgan fingerprint density at radius 1 is 1.24 bits per heavy atom. The molecule has 0 spiro atoms. The molecule has 0 unspecified atom stereocenters. The summed E-state index contributed by atoms with van der Waals surface area (Å²) in [6.07, 6.45) is 0. The van der Waals surface area contributed by atoms with Crippen molar-refractivity contribution in [2.75, 3.05) is 36.5 Å². The lowest BCUT2D eigenvalue weighted by atomic mass is 10.1. The molecule has 0 aliphatic carbocycles. The number of hydrogen-bond donors (Lipinski definition) is 2. The van der Waals surface area contributed by atoms with Gasteiger partial charge in [-0.25, -0.2) is 4.39 Å². The minimum absolute atomic E-state index is 0. The zero-order valence-corrected chi connectivity index (χ0v) is 16.1. The number of fused-ring (bicyclic) bond motifs is 1. The molecule has 1 aromatic carbocycles. The molecule has 2 amide bonds. The van der Waals surface area contributed by atoms with E-state index < -0.39 is 6.04 Å². The van der Waals surface area contributed by atoms with Crippen LogP contribution < -0.4 is 20.9 Å². The summed E-state index contributed by atoms with van der Waals surface area (Å²) in [5.74, 6) is -0.935. The predicted octanol–water partition coefficient (Wildman–Crippen LogP) is 1.55. The van der Waals surface area contributed by atoms with Gasteiger partial charge in [-0.3, -0.25) is 9.59 Å². The predicted molar refractivity (Wildman–Crippen MR) is 102 cm³/mol. The highest BCUT2D eigenvalue weighted by Gasteiger charge is 2.26. The molecule has 9 heteroatoms. The summed E-state index contributed by atoms with van der Waals surface area (Å²) < 4.78 is 13.4. The molecule has 1 atom stereocenters. The number of nitrogens with two attached hydrogens (primary N) is 1. The van der Waals surface area contributed by atoms with Crippen molar-refractivity contribution in [1.82, 2.24) is 5.32 Å². The van der Waals surface area contributed by atoms with Crippen molar-refractivity contribution in [2.45, 2.75) is 19.9 Å². The van der Waals surface area contributed by atoms with E-state index in [1.165, 1.54) is 12.1 Å². The van der Waals surface area contributed by atoms with Gasteiger partial charge in [-0.05, 0) is 24.1 Å². The fourth-order valence-corrected chi connectivity index (χ4v) is 2.46. The smallest absolute Gasteiger partial charge is 0.246 e. The maximum atomic E-state index is 13.4. The maximum Gasteiger partial charge on any atom is 0.246 e. The second-order valence-corrected chi connectivity index (χ2v) is 6.09. The lowest BCUT2D eigenvalue weighted by Crippen LogP contribution is -2.50. The molecule has 1 aromatic rings. The van der Waals surface area contributed by atoms with Gasteiger partial charge in [-0.15, -0.1) is 24.8 Å². The summed E-state index contributed by atoms with van der Waals surface area (Å²) >= 11 is 0. The SMILES string of the molecule is CC(C)[C@H](N)C(=O)NCC(=O)N1CCN(C)c2cc(F)ccc21.Cl.Cl. The Hall–Kier alpha value is -1.57. The Bertz CT molecular complexity index is 616. The number of carbonyl (C=O) groups excluding carboxylic acids is 2. The van der Waals surface area contributed by atoms with Crippen LogP contribution in [0.1, 0.15) is 13.8 Å². The van der Waals surface area contributed by atoms with Crippen molar-refractivity contribution in [3.63, 3.8) is 0 Å². The van der Waals surface area contributed by atoms with Crippen LogP contribution in [-0.4, -0.2) is 44.5 Å². The van der Waals surface area contributed by atoms with E-state index in [0.29, 0.717) is 24.5 Å². The first kappa shape index (κ1) is 23.4. The van der Waals surface area contributed by atoms with E-state index in [9.17, 15) is 14.0 Å². The number of amides is 2. The molecule has 6 nitrogen and oxygen atoms in total. The molecule has 0 saturated carbocycles. The van der Waals surface area contributed by atoms with Crippen LogP contribution in [0.2, 0.25) is 0 Å². The van der Waals surface area contributed by atoms with Crippen LogP contribution in [0.3, 0.4) is 0 Å². The third-order valence-corrected chi connectivity index (χ3v) is 4.03. The minimum Gasteiger partial charge on any atom is -0.371 e. The van der Waals surface area contributed by atoms with E-state index in [1.54, 1.807) is 11.0 Å². The van der Waals surface area contributed by atoms with Crippen LogP contribution in [0.15, 0.2) is 18.2 Å². The van der Waals surface area contributed by atoms with Gasteiger partial charge in [0.05, 0.1) is 24.0 Å². The molecule has 1 aliphatic heterocycles. The lowest BCUT2D eigenvalue weighted by Gasteiger charge is -2.35. The van der Waals surface area contributed by atoms with Crippen molar-refractivity contribution < 1.29 is 14.0 Å². The van der Waals surface area contributed by atoms with Gasteiger partial charge in [-0.1, -0.05) is 13.8 Å². The van der Waals surface area contributed by atoms with E-state index in [1.807, 2.05) is 25.8 Å². The largest absolute Gasteiger partial charge is 0.371 e. The number of benzene rings is 1. The number of halogens is 3. The Kier molecular flexibility index (Phi) is 9.18. The van der Waals surface area contributed by atoms with Crippen LogP contribution in [0.25, 0.3) is 0 Å². The highest BCUT2D eigenvalue weighted by atomic mass is 35.5. The van der Waals surface area contributed by atoms with Gasteiger partial charge in [-0.2, -0.15) is 0 Å². The third kappa shape index (κ3) is 5.45. The molecule has 1 heterocycles. The topological polar surface area (TPSA) is 78.7 Å². The van der Waals surface area contributed by atoms with Crippen LogP contribution in [0.4, 0.5) is 15.8 Å². The first-order valence-electron chi connectivity index (χ1n) is 7.65. The van der Waals surface area contributed by atoms with Crippen LogP contribution >= 0.6 is 24.8 Å². The van der Waals surface area contributed by atoms with Crippen molar-refractivity contribution >= 4 is 48.0 Å². The third-order valence-electron chi connectivity index (χ3n) is 4.03. The average molecular weight is 395 g/mol. The average Bonchev–Trinajstić information content (AvgIpc) is 2.52. The van der Waals surface area contributed by atoms with E-state index in [0.717, 1.165) is 0 Å². The highest BCUT2D eigenvalue weighted by Crippen LogP contribution is 2.32. The normalized spacial score (nSPS) is 14.2. The number of rotatable bonds is 4. The monoisotopic (exact) mass is 394 g/mol. The summed E-state index contributed by atoms with van der Waals surface area (Å²) in [6.45, 7) is 4.65. The molecule has 1 aliphatic rings. The Morgan fingerprint density at radius 2 is 1.88 bits per heavy atom. The Labute approximate surface area is 159 Å². The number of hydrogen-bond acceptors (Lipinski definition) is 4. The standard InChI is InChI=1S/C16H23FN4O2.2ClH/c1-10(2)15(18)16(23)19-9-14(22)21-7-6-20(3)13-8-11(17)4-5-12(13)21;;/h4-5,8,10,15H,6-7,9,18H2,1-3H3,(H,19,23);2*1H/t15-;;/m0../s1. The second kappa shape index (κ2) is 9.79. The van der Waals surface area contributed by atoms with Gasteiger partial charge >= 0.3 is 0 Å². The summed E-state index contributed by atoms with van der Waals surface area (Å²) in [7, 11) is 1.85. The molecule has 2 rings (SSSR count). The van der Waals surface area contributed by atoms with Crippen molar-refractivity contribution in [3.05, 3.63) is 24.0 Å². The Morgan fingerprint density at radius 3 is 2.48 bits per heavy atom. The van der Waals surface area contributed by atoms with Crippen LogP contribution in [0, 0.1) is 11.7 Å². The molecule has 0 radical (unpaired) electrons. The van der Waals surface area contributed by atoms with E-state index in [-0.39, 0.29) is 54.9 Å². The molecular weight excluding hydrogens is 370 g/mol. The highest BCUT2D eigenvalue weighted by molar-refractivity contribution is 6.00. The molecule has 25 heavy (non-hydrogen) atoms. The zero-order valence-electron chi connectivity index (χ0n) is 14.5. The molecule has 0 saturated heterocycles. The molecule has 0 bridgehead atoms. The van der Waals surface area contributed by atoms with Gasteiger partial charge in [0.25, 0.3) is 0 Å². The number of nitrogens with zero attached hydrogens (tertiary/aromatic N) is 2. The fourth-order valence-electron chi connectivity index (χ4n) is 2.46. The first-order chi connectivity index (χ1) is 10.8. The molecule has 0 fully saturated rings. The van der Waals surface area contributed by atoms with Gasteiger partial charge in [0, 0.05) is 20.1 Å². The van der Waals surface area contributed by atoms with Gasteiger partial charge < -0.3 is 20.9 Å². The molecule has 0 aromatic heterocycles. The van der Waals surface area contributed by atoms with Gasteiger partial charge in [0.15, 0.2) is 0 Å². The lowest BCUT2D eigenvalue weighted by molar-refractivity contribution is -0.126. The summed E-state index contributed by atoms with van der Waals surface area (Å²) in [6, 6.07) is 3.67. The van der Waals surface area contributed by atoms with Gasteiger partial charge in [0.1, 0.15) is 5.82 Å². The fraction of sp³-hybridized carbons (Fsp3) is 0.500. The summed E-state index contributed by atoms with van der Waals surface area (Å²) in [5, 5.41) is 2.57. The quantitative estimate of drug-likeness (QED) is 0.811. The minimum atomic E-state index is -0.642. The number of likely N-dealkylation sites (N-methyl/N-ethyl adjacent to an activating group) is 1. The zero-order chi connectivity index (χ0) is 17.1. The van der Waals surface area contributed by atoms with Crippen molar-refractivity contribution in [3.8, 4) is 0 Å². The molecule has 142 valence electrons. The first-order valence-corrected chi connectivity index (χ1v) is 7.65. The number of carbonyl (C=O) groups is 2. The number of anilines is 2.